The first-order chi connectivity index (χ1) is 12.0. The van der Waals surface area contributed by atoms with Crippen molar-refractivity contribution in [2.45, 2.75) is 20.8 Å². The minimum absolute atomic E-state index is 0. The van der Waals surface area contributed by atoms with Crippen molar-refractivity contribution in [3.8, 4) is 0 Å². The van der Waals surface area contributed by atoms with Crippen molar-refractivity contribution in [1.82, 2.24) is 4.98 Å². The fourth-order valence-electron chi connectivity index (χ4n) is 2.68. The van der Waals surface area contributed by atoms with Crippen LogP contribution in [0.25, 0.3) is 10.7 Å². The molecule has 3 rings (SSSR count). The molecule has 0 saturated heterocycles. The minimum atomic E-state index is -3.91. The number of nitrogens with zero attached hydrogens (tertiary/aromatic N) is 2. The second-order valence-corrected chi connectivity index (χ2v) is 7.01. The van der Waals surface area contributed by atoms with Crippen LogP contribution in [0.3, 0.4) is 0 Å². The van der Waals surface area contributed by atoms with Gasteiger partial charge in [-0.05, 0) is 18.6 Å². The quantitative estimate of drug-likeness (QED) is 0.536. The van der Waals surface area contributed by atoms with Crippen molar-refractivity contribution < 1.29 is 46.2 Å². The average Bonchev–Trinajstić information content (AvgIpc) is 2.62. The summed E-state index contributed by atoms with van der Waals surface area (Å²) in [4.78, 5) is 3.88. The molecule has 7 heteroatoms. The van der Waals surface area contributed by atoms with Crippen LogP contribution >= 0.6 is 0 Å². The third-order valence-corrected chi connectivity index (χ3v) is 5.63. The molecule has 0 saturated carbocycles. The van der Waals surface area contributed by atoms with Crippen LogP contribution in [-0.2, 0) is 42.7 Å². The molecule has 2 aromatic rings. The Morgan fingerprint density at radius 1 is 1.19 bits per heavy atom. The molecule has 1 aliphatic rings. The van der Waals surface area contributed by atoms with Gasteiger partial charge in [0, 0.05) is 50.0 Å². The zero-order valence-corrected chi connectivity index (χ0v) is 19.8. The molecule has 0 spiro atoms. The summed E-state index contributed by atoms with van der Waals surface area (Å²) in [5.41, 5.74) is 2.05. The van der Waals surface area contributed by atoms with Gasteiger partial charge in [-0.2, -0.15) is 0 Å². The Kier molecular flexibility index (Phi) is 10.1. The van der Waals surface area contributed by atoms with E-state index in [1.165, 1.54) is 22.8 Å². The summed E-state index contributed by atoms with van der Waals surface area (Å²) in [5.74, 6) is -0.253. The molecule has 143 valence electrons. The summed E-state index contributed by atoms with van der Waals surface area (Å²) in [6.07, 6.45) is 4.46. The molecular formula is C20H25N2O3SY-. The number of aryl methyl sites for hydroxylation is 1. The summed E-state index contributed by atoms with van der Waals surface area (Å²) in [6, 6.07) is 8.68. The number of hydrogen-bond donors (Lipinski definition) is 1. The van der Waals surface area contributed by atoms with Crippen molar-refractivity contribution in [1.29, 1.82) is 0 Å². The summed E-state index contributed by atoms with van der Waals surface area (Å²) < 4.78 is 27.3. The van der Waals surface area contributed by atoms with Crippen LogP contribution in [0.4, 0.5) is 5.69 Å². The van der Waals surface area contributed by atoms with E-state index >= 15 is 0 Å². The molecule has 0 aliphatic carbocycles. The molecule has 1 N–H and O–H groups in total. The van der Waals surface area contributed by atoms with Crippen LogP contribution in [0, 0.1) is 14.4 Å². The van der Waals surface area contributed by atoms with E-state index in [9.17, 15) is 13.5 Å². The van der Waals surface area contributed by atoms with Gasteiger partial charge in [0.05, 0.1) is 18.4 Å². The number of pyridine rings is 1. The van der Waals surface area contributed by atoms with E-state index in [-0.39, 0.29) is 57.3 Å². The number of fused-ring (bicyclic) bond motifs is 1. The van der Waals surface area contributed by atoms with Crippen LogP contribution in [-0.4, -0.2) is 25.1 Å². The Morgan fingerprint density at radius 2 is 1.81 bits per heavy atom. The molecule has 1 aromatic heterocycles. The fourth-order valence-corrected chi connectivity index (χ4v) is 4.46. The molecule has 0 fully saturated rings. The average molecular weight is 462 g/mol. The molecule has 1 aliphatic heterocycles. The third kappa shape index (κ3) is 4.68. The monoisotopic (exact) mass is 462 g/mol. The molecular weight excluding hydrogens is 437 g/mol. The first-order valence-electron chi connectivity index (χ1n) is 8.05. The van der Waals surface area contributed by atoms with Gasteiger partial charge in [-0.1, -0.05) is 44.2 Å². The summed E-state index contributed by atoms with van der Waals surface area (Å²) in [5, 5.41) is 10.6. The molecule has 1 aromatic carbocycles. The van der Waals surface area contributed by atoms with Gasteiger partial charge in [-0.25, -0.2) is 8.42 Å². The standard InChI is InChI=1S/C17H16N2O3S.C2H6.CH3.Y/c1-3-10-19-15-11-18-9-8-14(15)16(20)17(23(19,21)22)13-7-5-4-6-12(13)2;1-2;;/h3-9,11,20H,1,10H2,2H3;1-2H3;1H3;/q;;-1;. The number of anilines is 1. The Labute approximate surface area is 187 Å². The number of hydrogen-bond acceptors (Lipinski definition) is 4. The summed E-state index contributed by atoms with van der Waals surface area (Å²) in [6.45, 7) is 9.53. The van der Waals surface area contributed by atoms with E-state index < -0.39 is 10.0 Å². The number of benzene rings is 1. The summed E-state index contributed by atoms with van der Waals surface area (Å²) >= 11 is 0. The van der Waals surface area contributed by atoms with Crippen molar-refractivity contribution >= 4 is 26.4 Å². The van der Waals surface area contributed by atoms with Crippen molar-refractivity contribution in [3.63, 3.8) is 0 Å². The van der Waals surface area contributed by atoms with Gasteiger partial charge in [0.15, 0.2) is 0 Å². The van der Waals surface area contributed by atoms with Crippen molar-refractivity contribution in [2.24, 2.45) is 0 Å². The van der Waals surface area contributed by atoms with E-state index in [2.05, 4.69) is 11.6 Å². The first-order valence-corrected chi connectivity index (χ1v) is 9.49. The van der Waals surface area contributed by atoms with Crippen LogP contribution in [0.5, 0.6) is 0 Å². The van der Waals surface area contributed by atoms with Crippen molar-refractivity contribution in [3.05, 3.63) is 79.5 Å². The molecule has 0 atom stereocenters. The molecule has 0 bridgehead atoms. The second-order valence-electron chi connectivity index (χ2n) is 5.21. The molecule has 0 unspecified atom stereocenters. The molecule has 2 heterocycles. The molecule has 5 nitrogen and oxygen atoms in total. The van der Waals surface area contributed by atoms with Gasteiger partial charge in [-0.15, -0.1) is 6.58 Å². The van der Waals surface area contributed by atoms with Crippen LogP contribution in [0.15, 0.2) is 55.4 Å². The fraction of sp³-hybridized carbons (Fsp3) is 0.200. The largest absolute Gasteiger partial charge is 0.506 e. The van der Waals surface area contributed by atoms with E-state index in [1.807, 2.05) is 32.9 Å². The zero-order chi connectivity index (χ0) is 18.6. The summed E-state index contributed by atoms with van der Waals surface area (Å²) in [7, 11) is -3.91. The maximum absolute atomic E-state index is 13.1. The Hall–Kier alpha value is -1.50. The van der Waals surface area contributed by atoms with Gasteiger partial charge in [0.2, 0.25) is 0 Å². The van der Waals surface area contributed by atoms with Gasteiger partial charge < -0.3 is 12.5 Å². The topological polar surface area (TPSA) is 70.5 Å². The van der Waals surface area contributed by atoms with Crippen molar-refractivity contribution in [2.75, 3.05) is 10.8 Å². The number of aromatic nitrogens is 1. The first kappa shape index (κ1) is 25.5. The van der Waals surface area contributed by atoms with Gasteiger partial charge in [0.1, 0.15) is 10.7 Å². The Morgan fingerprint density at radius 3 is 2.41 bits per heavy atom. The maximum Gasteiger partial charge on any atom is 0.269 e. The van der Waals surface area contributed by atoms with E-state index in [4.69, 9.17) is 0 Å². The second kappa shape index (κ2) is 10.7. The van der Waals surface area contributed by atoms with E-state index in [1.54, 1.807) is 18.2 Å². The SMILES string of the molecule is C=CCN1c2cnccc2C(O)=C(c2ccccc2C)S1(=O)=O.CC.[CH3-].[Y]. The van der Waals surface area contributed by atoms with Gasteiger partial charge in [0.25, 0.3) is 10.0 Å². The Bertz CT molecular complexity index is 924. The van der Waals surface area contributed by atoms with E-state index in [0.29, 0.717) is 16.8 Å². The van der Waals surface area contributed by atoms with Crippen LogP contribution in [0.1, 0.15) is 30.5 Å². The number of aliphatic hydroxyl groups excluding tert-OH is 1. The maximum atomic E-state index is 13.1. The predicted octanol–water partition coefficient (Wildman–Crippen LogP) is 4.58. The van der Waals surface area contributed by atoms with Gasteiger partial charge in [-0.3, -0.25) is 9.29 Å². The number of rotatable bonds is 3. The molecule has 0 amide bonds. The normalized spacial score (nSPS) is 14.0. The predicted molar refractivity (Wildman–Crippen MR) is 109 cm³/mol. The van der Waals surface area contributed by atoms with Crippen LogP contribution in [0.2, 0.25) is 0 Å². The number of aliphatic hydroxyl groups is 1. The smallest absolute Gasteiger partial charge is 0.269 e. The minimum Gasteiger partial charge on any atom is -0.506 e. The Balaban J connectivity index is 0.00000164. The zero-order valence-electron chi connectivity index (χ0n) is 16.2. The van der Waals surface area contributed by atoms with E-state index in [0.717, 1.165) is 5.56 Å². The molecule has 1 radical (unpaired) electrons. The number of sulfonamides is 1. The van der Waals surface area contributed by atoms with Gasteiger partial charge >= 0.3 is 0 Å². The van der Waals surface area contributed by atoms with Crippen LogP contribution < -0.4 is 4.31 Å². The third-order valence-electron chi connectivity index (χ3n) is 3.77. The molecule has 27 heavy (non-hydrogen) atoms.